The van der Waals surface area contributed by atoms with Crippen LogP contribution in [0, 0.1) is 0 Å². The van der Waals surface area contributed by atoms with Crippen molar-refractivity contribution in [3.05, 3.63) is 53.1 Å². The van der Waals surface area contributed by atoms with Crippen LogP contribution in [0.5, 0.6) is 17.2 Å². The van der Waals surface area contributed by atoms with Crippen LogP contribution in [-0.4, -0.2) is 11.5 Å². The van der Waals surface area contributed by atoms with E-state index in [2.05, 4.69) is 4.74 Å². The van der Waals surface area contributed by atoms with Gasteiger partial charge in [0.15, 0.2) is 11.5 Å². The first-order valence-corrected chi connectivity index (χ1v) is 7.75. The molecule has 0 aliphatic heterocycles. The number of aliphatic hydroxyl groups is 1. The third kappa shape index (κ3) is 3.64. The van der Waals surface area contributed by atoms with Crippen molar-refractivity contribution < 1.29 is 27.8 Å². The predicted octanol–water partition coefficient (Wildman–Crippen LogP) is 4.75. The van der Waals surface area contributed by atoms with Gasteiger partial charge in [-0.05, 0) is 48.9 Å². The van der Waals surface area contributed by atoms with Crippen LogP contribution in [0.1, 0.15) is 29.5 Å². The molecule has 24 heavy (non-hydrogen) atoms. The smallest absolute Gasteiger partial charge is 0.453 e. The fourth-order valence-corrected chi connectivity index (χ4v) is 2.96. The summed E-state index contributed by atoms with van der Waals surface area (Å²) in [7, 11) is 0. The van der Waals surface area contributed by atoms with Crippen molar-refractivity contribution in [1.29, 1.82) is 0 Å². The molecule has 0 spiro atoms. The molecule has 0 saturated carbocycles. The van der Waals surface area contributed by atoms with Crippen molar-refractivity contribution in [2.75, 3.05) is 0 Å². The lowest BCUT2D eigenvalue weighted by atomic mass is 9.91. The molecule has 3 nitrogen and oxygen atoms in total. The van der Waals surface area contributed by atoms with Gasteiger partial charge in [0.05, 0.1) is 6.61 Å². The van der Waals surface area contributed by atoms with Crippen LogP contribution in [-0.2, 0) is 19.4 Å². The maximum atomic E-state index is 12.6. The summed E-state index contributed by atoms with van der Waals surface area (Å²) in [5.74, 6) is -0.0427. The molecule has 0 amide bonds. The zero-order valence-electron chi connectivity index (χ0n) is 12.9. The molecule has 1 N–H and O–H groups in total. The summed E-state index contributed by atoms with van der Waals surface area (Å²) >= 11 is 0. The number of para-hydroxylation sites is 1. The number of ether oxygens (including phenoxy) is 2. The highest BCUT2D eigenvalue weighted by Crippen LogP contribution is 2.40. The second kappa shape index (κ2) is 6.73. The fourth-order valence-electron chi connectivity index (χ4n) is 2.96. The summed E-state index contributed by atoms with van der Waals surface area (Å²) < 4.78 is 47.7. The van der Waals surface area contributed by atoms with E-state index < -0.39 is 18.7 Å². The molecule has 3 rings (SSSR count). The van der Waals surface area contributed by atoms with Crippen molar-refractivity contribution >= 4 is 0 Å². The first-order valence-electron chi connectivity index (χ1n) is 7.75. The highest BCUT2D eigenvalue weighted by Gasteiger charge is 2.33. The van der Waals surface area contributed by atoms with E-state index >= 15 is 0 Å². The molecule has 1 aliphatic carbocycles. The second-order valence-electron chi connectivity index (χ2n) is 5.65. The number of aliphatic hydroxyl groups excluding tert-OH is 1. The van der Waals surface area contributed by atoms with Crippen molar-refractivity contribution in [3.63, 3.8) is 0 Å². The molecular formula is C18H17F3O3. The molecule has 0 unspecified atom stereocenters. The van der Waals surface area contributed by atoms with Gasteiger partial charge < -0.3 is 14.6 Å². The summed E-state index contributed by atoms with van der Waals surface area (Å²) in [6, 6.07) is 9.64. The van der Waals surface area contributed by atoms with Crippen molar-refractivity contribution in [1.82, 2.24) is 0 Å². The maximum absolute atomic E-state index is 12.6. The zero-order valence-corrected chi connectivity index (χ0v) is 12.9. The number of hydrogen-bond acceptors (Lipinski definition) is 3. The number of halogens is 3. The Morgan fingerprint density at radius 2 is 1.67 bits per heavy atom. The number of aryl methyl sites for hydroxylation is 1. The maximum Gasteiger partial charge on any atom is 0.573 e. The Morgan fingerprint density at radius 3 is 2.42 bits per heavy atom. The minimum atomic E-state index is -4.83. The molecular weight excluding hydrogens is 321 g/mol. The molecule has 6 heteroatoms. The molecule has 128 valence electrons. The molecule has 2 aromatic rings. The Balaban J connectivity index is 2.00. The van der Waals surface area contributed by atoms with Crippen LogP contribution < -0.4 is 9.47 Å². The summed E-state index contributed by atoms with van der Waals surface area (Å²) in [6.45, 7) is -0.445. The van der Waals surface area contributed by atoms with Gasteiger partial charge >= 0.3 is 6.36 Å². The van der Waals surface area contributed by atoms with Crippen molar-refractivity contribution in [3.8, 4) is 17.2 Å². The third-order valence-electron chi connectivity index (χ3n) is 4.02. The largest absolute Gasteiger partial charge is 0.573 e. The first-order chi connectivity index (χ1) is 11.5. The van der Waals surface area contributed by atoms with Crippen LogP contribution in [0.25, 0.3) is 0 Å². The van der Waals surface area contributed by atoms with Gasteiger partial charge in [0.2, 0.25) is 0 Å². The summed E-state index contributed by atoms with van der Waals surface area (Å²) in [6.07, 6.45) is -0.975. The van der Waals surface area contributed by atoms with Crippen molar-refractivity contribution in [2.45, 2.75) is 38.7 Å². The van der Waals surface area contributed by atoms with E-state index in [9.17, 15) is 18.3 Å². The number of fused-ring (bicyclic) bond motifs is 1. The van der Waals surface area contributed by atoms with E-state index in [1.807, 2.05) is 12.1 Å². The molecule has 2 aromatic carbocycles. The Kier molecular flexibility index (Phi) is 4.66. The predicted molar refractivity (Wildman–Crippen MR) is 82.2 cm³/mol. The lowest BCUT2D eigenvalue weighted by molar-refractivity contribution is -0.275. The minimum Gasteiger partial charge on any atom is -0.453 e. The van der Waals surface area contributed by atoms with Gasteiger partial charge in [0.25, 0.3) is 0 Å². The average molecular weight is 338 g/mol. The van der Waals surface area contributed by atoms with E-state index in [1.54, 1.807) is 6.07 Å². The molecule has 0 aromatic heterocycles. The molecule has 0 saturated heterocycles. The fraction of sp³-hybridized carbons (Fsp3) is 0.333. The van der Waals surface area contributed by atoms with Gasteiger partial charge in [-0.1, -0.05) is 24.3 Å². The topological polar surface area (TPSA) is 38.7 Å². The van der Waals surface area contributed by atoms with Crippen LogP contribution in [0.3, 0.4) is 0 Å². The minimum absolute atomic E-state index is 0.101. The lowest BCUT2D eigenvalue weighted by Gasteiger charge is -2.21. The van der Waals surface area contributed by atoms with Gasteiger partial charge in [-0.15, -0.1) is 13.2 Å². The van der Waals surface area contributed by atoms with Crippen molar-refractivity contribution in [2.24, 2.45) is 0 Å². The van der Waals surface area contributed by atoms with Crippen LogP contribution in [0.4, 0.5) is 13.2 Å². The van der Waals surface area contributed by atoms with E-state index in [0.29, 0.717) is 5.75 Å². The molecule has 0 fully saturated rings. The van der Waals surface area contributed by atoms with Gasteiger partial charge in [-0.3, -0.25) is 0 Å². The Morgan fingerprint density at radius 1 is 0.958 bits per heavy atom. The molecule has 1 aliphatic rings. The third-order valence-corrected chi connectivity index (χ3v) is 4.02. The van der Waals surface area contributed by atoms with E-state index in [0.717, 1.165) is 36.8 Å². The van der Waals surface area contributed by atoms with E-state index in [4.69, 9.17) is 4.74 Å². The van der Waals surface area contributed by atoms with Crippen LogP contribution in [0.2, 0.25) is 0 Å². The molecule has 0 radical (unpaired) electrons. The summed E-state index contributed by atoms with van der Waals surface area (Å²) in [5.41, 5.74) is 2.40. The van der Waals surface area contributed by atoms with Crippen LogP contribution in [0.15, 0.2) is 36.4 Å². The quantitative estimate of drug-likeness (QED) is 0.874. The highest BCUT2D eigenvalue weighted by molar-refractivity contribution is 5.51. The van der Waals surface area contributed by atoms with Gasteiger partial charge in [0.1, 0.15) is 5.75 Å². The summed E-state index contributed by atoms with van der Waals surface area (Å²) in [4.78, 5) is 0. The standard InChI is InChI=1S/C18H17F3O3/c19-18(20,21)24-16-10-4-7-13(11-22)17(16)23-15-9-3-6-12-5-1-2-8-14(12)15/h3-4,6-7,9-10,22H,1-2,5,8,11H2. The number of hydrogen-bond donors (Lipinski definition) is 1. The SMILES string of the molecule is OCc1cccc(OC(F)(F)F)c1Oc1cccc2c1CCCC2. The normalized spacial score (nSPS) is 14.2. The Labute approximate surface area is 137 Å². The summed E-state index contributed by atoms with van der Waals surface area (Å²) in [5, 5.41) is 9.44. The molecule has 0 heterocycles. The Bertz CT molecular complexity index is 726. The lowest BCUT2D eigenvalue weighted by Crippen LogP contribution is -2.18. The Hall–Kier alpha value is -2.21. The number of rotatable bonds is 4. The highest BCUT2D eigenvalue weighted by atomic mass is 19.4. The zero-order chi connectivity index (χ0) is 17.2. The monoisotopic (exact) mass is 338 g/mol. The first kappa shape index (κ1) is 16.6. The average Bonchev–Trinajstić information content (AvgIpc) is 2.55. The number of alkyl halides is 3. The van der Waals surface area contributed by atoms with Gasteiger partial charge in [0, 0.05) is 5.56 Å². The second-order valence-corrected chi connectivity index (χ2v) is 5.65. The van der Waals surface area contributed by atoms with E-state index in [1.165, 1.54) is 18.2 Å². The van der Waals surface area contributed by atoms with Gasteiger partial charge in [-0.25, -0.2) is 0 Å². The van der Waals surface area contributed by atoms with E-state index in [-0.39, 0.29) is 11.3 Å². The van der Waals surface area contributed by atoms with Crippen LogP contribution >= 0.6 is 0 Å². The molecule has 0 bridgehead atoms. The number of benzene rings is 2. The molecule has 0 atom stereocenters. The van der Waals surface area contributed by atoms with Gasteiger partial charge in [-0.2, -0.15) is 0 Å².